The normalized spacial score (nSPS) is 15.3. The van der Waals surface area contributed by atoms with E-state index in [1.807, 2.05) is 59.2 Å². The van der Waals surface area contributed by atoms with Gasteiger partial charge in [-0.05, 0) is 36.6 Å². The van der Waals surface area contributed by atoms with Crippen molar-refractivity contribution in [2.45, 2.75) is 32.1 Å². The highest BCUT2D eigenvalue weighted by Crippen LogP contribution is 2.26. The second-order valence-corrected chi connectivity index (χ2v) is 7.79. The van der Waals surface area contributed by atoms with Gasteiger partial charge in [0.25, 0.3) is 0 Å². The number of anilines is 1. The van der Waals surface area contributed by atoms with Gasteiger partial charge in [0, 0.05) is 43.3 Å². The van der Waals surface area contributed by atoms with Crippen LogP contribution in [-0.2, 0) is 11.3 Å². The van der Waals surface area contributed by atoms with Crippen LogP contribution >= 0.6 is 0 Å². The molecule has 0 spiro atoms. The fourth-order valence-corrected chi connectivity index (χ4v) is 3.39. The van der Waals surface area contributed by atoms with Crippen LogP contribution in [0.5, 0.6) is 0 Å². The van der Waals surface area contributed by atoms with E-state index < -0.39 is 12.1 Å². The number of likely N-dealkylation sites (tertiary alicyclic amines) is 1. The zero-order valence-corrected chi connectivity index (χ0v) is 18.7. The number of alkyl halides is 3. The number of pyridine rings is 1. The van der Waals surface area contributed by atoms with Gasteiger partial charge >= 0.3 is 18.2 Å². The van der Waals surface area contributed by atoms with Crippen molar-refractivity contribution in [3.05, 3.63) is 60.2 Å². The Morgan fingerprint density at radius 2 is 2.00 bits per heavy atom. The summed E-state index contributed by atoms with van der Waals surface area (Å²) in [6.45, 7) is 3.62. The Morgan fingerprint density at radius 1 is 1.26 bits per heavy atom. The number of aryl methyl sites for hydroxylation is 1. The molecule has 2 amide bonds. The highest BCUT2D eigenvalue weighted by atomic mass is 19.4. The van der Waals surface area contributed by atoms with Gasteiger partial charge in [0.15, 0.2) is 0 Å². The van der Waals surface area contributed by atoms with Gasteiger partial charge in [-0.25, -0.2) is 14.3 Å². The van der Waals surface area contributed by atoms with Crippen LogP contribution in [0.3, 0.4) is 0 Å². The maximum atomic E-state index is 12.8. The number of halogens is 3. The minimum absolute atomic E-state index is 0.104. The Balaban J connectivity index is 0.000000429. The second-order valence-electron chi connectivity index (χ2n) is 7.79. The number of amides is 2. The lowest BCUT2D eigenvalue weighted by Gasteiger charge is -2.19. The summed E-state index contributed by atoms with van der Waals surface area (Å²) in [7, 11) is 0. The van der Waals surface area contributed by atoms with Gasteiger partial charge < -0.3 is 21.1 Å². The minimum Gasteiger partial charge on any atom is -0.475 e. The zero-order chi connectivity index (χ0) is 25.6. The van der Waals surface area contributed by atoms with Crippen LogP contribution in [0.4, 0.5) is 23.7 Å². The van der Waals surface area contributed by atoms with Crippen molar-refractivity contribution in [1.82, 2.24) is 24.9 Å². The number of hydrogen-bond acceptors (Lipinski definition) is 6. The van der Waals surface area contributed by atoms with Crippen molar-refractivity contribution >= 4 is 17.7 Å². The lowest BCUT2D eigenvalue weighted by atomic mass is 10.0. The summed E-state index contributed by atoms with van der Waals surface area (Å²) in [5, 5.41) is 18.3. The van der Waals surface area contributed by atoms with Crippen molar-refractivity contribution in [3.63, 3.8) is 0 Å². The van der Waals surface area contributed by atoms with E-state index in [0.717, 1.165) is 34.5 Å². The molecule has 4 rings (SSSR count). The van der Waals surface area contributed by atoms with E-state index >= 15 is 0 Å². The smallest absolute Gasteiger partial charge is 0.475 e. The first-order valence-corrected chi connectivity index (χ1v) is 10.6. The van der Waals surface area contributed by atoms with Crippen molar-refractivity contribution in [3.8, 4) is 11.1 Å². The lowest BCUT2D eigenvalue weighted by Crippen LogP contribution is -2.33. The molecule has 13 heteroatoms. The molecule has 186 valence electrons. The molecule has 2 aromatic heterocycles. The van der Waals surface area contributed by atoms with Gasteiger partial charge in [0.2, 0.25) is 0 Å². The second kappa shape index (κ2) is 11.0. The number of aliphatic carboxylic acids is 1. The predicted molar refractivity (Wildman–Crippen MR) is 120 cm³/mol. The molecular weight excluding hydrogens is 467 g/mol. The van der Waals surface area contributed by atoms with Crippen LogP contribution in [0.15, 0.2) is 48.9 Å². The number of nitrogens with zero attached hydrogens (tertiary/aromatic N) is 5. The minimum atomic E-state index is -5.08. The summed E-state index contributed by atoms with van der Waals surface area (Å²) in [5.41, 5.74) is 10.2. The SMILES string of the molecule is Cc1ccc(-c2cccnc2)cc1NC(=O)N1CCC(n2cc(CN)nn2)C1.O=C(O)C(F)(F)F. The molecule has 1 aliphatic heterocycles. The highest BCUT2D eigenvalue weighted by Gasteiger charge is 2.38. The summed E-state index contributed by atoms with van der Waals surface area (Å²) in [4.78, 5) is 27.7. The average molecular weight is 491 g/mol. The summed E-state index contributed by atoms with van der Waals surface area (Å²) in [6, 6.07) is 9.96. The topological polar surface area (TPSA) is 139 Å². The van der Waals surface area contributed by atoms with Gasteiger partial charge in [-0.2, -0.15) is 13.2 Å². The molecule has 1 unspecified atom stereocenters. The molecule has 35 heavy (non-hydrogen) atoms. The van der Waals surface area contributed by atoms with Crippen LogP contribution in [-0.4, -0.2) is 61.3 Å². The molecule has 3 heterocycles. The molecule has 0 aliphatic carbocycles. The Hall–Kier alpha value is -4.00. The Kier molecular flexibility index (Phi) is 8.02. The molecule has 1 saturated heterocycles. The third kappa shape index (κ3) is 6.76. The number of nitrogens with one attached hydrogen (secondary N) is 1. The number of aromatic nitrogens is 4. The van der Waals surface area contributed by atoms with Crippen molar-refractivity contribution in [1.29, 1.82) is 0 Å². The molecule has 4 N–H and O–H groups in total. The Bertz CT molecular complexity index is 1170. The maximum absolute atomic E-state index is 12.8. The number of hydrogen-bond donors (Lipinski definition) is 3. The number of carbonyl (C=O) groups excluding carboxylic acids is 1. The Labute approximate surface area is 198 Å². The Morgan fingerprint density at radius 3 is 2.60 bits per heavy atom. The molecule has 10 nitrogen and oxygen atoms in total. The van der Waals surface area contributed by atoms with E-state index in [0.29, 0.717) is 19.6 Å². The molecule has 3 aromatic rings. The molecule has 1 atom stereocenters. The zero-order valence-electron chi connectivity index (χ0n) is 18.7. The van der Waals surface area contributed by atoms with Crippen LogP contribution < -0.4 is 11.1 Å². The molecule has 0 bridgehead atoms. The van der Waals surface area contributed by atoms with Crippen LogP contribution in [0.1, 0.15) is 23.7 Å². The first-order valence-electron chi connectivity index (χ1n) is 10.6. The molecule has 1 aromatic carbocycles. The van der Waals surface area contributed by atoms with Crippen molar-refractivity contribution < 1.29 is 27.9 Å². The summed E-state index contributed by atoms with van der Waals surface area (Å²) in [6.07, 6.45) is 1.17. The third-order valence-electron chi connectivity index (χ3n) is 5.31. The number of benzene rings is 1. The van der Waals surface area contributed by atoms with Gasteiger partial charge in [0.1, 0.15) is 0 Å². The van der Waals surface area contributed by atoms with Crippen LogP contribution in [0.25, 0.3) is 11.1 Å². The quantitative estimate of drug-likeness (QED) is 0.509. The average Bonchev–Trinajstić information content (AvgIpc) is 3.50. The number of rotatable bonds is 4. The van der Waals surface area contributed by atoms with E-state index in [1.165, 1.54) is 0 Å². The largest absolute Gasteiger partial charge is 0.490 e. The fourth-order valence-electron chi connectivity index (χ4n) is 3.39. The van der Waals surface area contributed by atoms with E-state index in [-0.39, 0.29) is 12.1 Å². The number of carboxylic acids is 1. The van der Waals surface area contributed by atoms with Gasteiger partial charge in [-0.15, -0.1) is 5.10 Å². The van der Waals surface area contributed by atoms with Crippen molar-refractivity contribution in [2.75, 3.05) is 18.4 Å². The van der Waals surface area contributed by atoms with E-state index in [4.69, 9.17) is 15.6 Å². The predicted octanol–water partition coefficient (Wildman–Crippen LogP) is 3.22. The summed E-state index contributed by atoms with van der Waals surface area (Å²) < 4.78 is 33.5. The first kappa shape index (κ1) is 25.6. The standard InChI is InChI=1S/C20H23N7O.C2HF3O2/c1-14-4-5-15(16-3-2-7-22-11-16)9-19(14)23-20(28)26-8-6-18(13-26)27-12-17(10-21)24-25-27;3-2(4,5)1(6)7/h2-5,7,9,11-12,18H,6,8,10,13,21H2,1H3,(H,23,28);(H,6,7). The fraction of sp³-hybridized carbons (Fsp3) is 0.318. The first-order chi connectivity index (χ1) is 16.6. The van der Waals surface area contributed by atoms with Gasteiger partial charge in [0.05, 0.1) is 17.9 Å². The maximum Gasteiger partial charge on any atom is 0.490 e. The molecule has 1 aliphatic rings. The third-order valence-corrected chi connectivity index (χ3v) is 5.31. The van der Waals surface area contributed by atoms with Gasteiger partial charge in [-0.3, -0.25) is 4.98 Å². The van der Waals surface area contributed by atoms with Gasteiger partial charge in [-0.1, -0.05) is 23.4 Å². The molecule has 0 radical (unpaired) electrons. The number of carboxylic acid groups (broad SMARTS) is 1. The van der Waals surface area contributed by atoms with Crippen molar-refractivity contribution in [2.24, 2.45) is 5.73 Å². The summed E-state index contributed by atoms with van der Waals surface area (Å²) >= 11 is 0. The van der Waals surface area contributed by atoms with Crippen LogP contribution in [0, 0.1) is 6.92 Å². The number of nitrogens with two attached hydrogens (primary N) is 1. The number of carbonyl (C=O) groups is 2. The van der Waals surface area contributed by atoms with Crippen LogP contribution in [0.2, 0.25) is 0 Å². The molecule has 0 saturated carbocycles. The molecular formula is C22H24F3N7O3. The lowest BCUT2D eigenvalue weighted by molar-refractivity contribution is -0.192. The number of urea groups is 1. The monoisotopic (exact) mass is 491 g/mol. The van der Waals surface area contributed by atoms with E-state index in [2.05, 4.69) is 20.6 Å². The summed E-state index contributed by atoms with van der Waals surface area (Å²) in [5.74, 6) is -2.76. The highest BCUT2D eigenvalue weighted by molar-refractivity contribution is 5.91. The van der Waals surface area contributed by atoms with E-state index in [1.54, 1.807) is 6.20 Å². The van der Waals surface area contributed by atoms with E-state index in [9.17, 15) is 18.0 Å². The molecule has 1 fully saturated rings.